The zero-order valence-corrected chi connectivity index (χ0v) is 21.5. The molecule has 0 aliphatic heterocycles. The van der Waals surface area contributed by atoms with Crippen molar-refractivity contribution in [2.75, 3.05) is 19.8 Å². The second-order valence-electron chi connectivity index (χ2n) is 9.53. The fourth-order valence-corrected chi connectivity index (χ4v) is 3.66. The largest absolute Gasteiger partial charge is 0.444 e. The molecule has 0 radical (unpaired) electrons. The monoisotopic (exact) mass is 479 g/mol. The Morgan fingerprint density at radius 3 is 2.29 bits per heavy atom. The van der Waals surface area contributed by atoms with Gasteiger partial charge in [0.2, 0.25) is 11.8 Å². The Labute approximate surface area is 202 Å². The summed E-state index contributed by atoms with van der Waals surface area (Å²) in [6.07, 6.45) is 0.771. The fourth-order valence-electron chi connectivity index (χ4n) is 3.66. The molecule has 0 heterocycles. The van der Waals surface area contributed by atoms with Gasteiger partial charge in [-0.2, -0.15) is 0 Å². The number of rotatable bonds is 11. The van der Waals surface area contributed by atoms with Crippen LogP contribution in [0.4, 0.5) is 4.79 Å². The van der Waals surface area contributed by atoms with Gasteiger partial charge in [0.25, 0.3) is 0 Å². The van der Waals surface area contributed by atoms with Gasteiger partial charge in [0, 0.05) is 12.6 Å². The van der Waals surface area contributed by atoms with Crippen LogP contribution in [0.5, 0.6) is 0 Å². The Morgan fingerprint density at radius 1 is 1.12 bits per heavy atom. The Hall–Kier alpha value is -2.65. The third-order valence-electron chi connectivity index (χ3n) is 5.41. The molecule has 192 valence electrons. The van der Waals surface area contributed by atoms with Crippen molar-refractivity contribution in [1.29, 1.82) is 0 Å². The molecule has 34 heavy (non-hydrogen) atoms. The Bertz CT molecular complexity index is 836. The van der Waals surface area contributed by atoms with Crippen molar-refractivity contribution in [3.63, 3.8) is 0 Å². The molecule has 0 aliphatic carbocycles. The highest BCUT2D eigenvalue weighted by Crippen LogP contribution is 2.27. The average Bonchev–Trinajstić information content (AvgIpc) is 2.72. The first-order chi connectivity index (χ1) is 15.9. The number of aliphatic hydroxyl groups excluding tert-OH is 2. The van der Waals surface area contributed by atoms with Crippen LogP contribution in [0.25, 0.3) is 0 Å². The van der Waals surface area contributed by atoms with Crippen LogP contribution in [0.15, 0.2) is 18.2 Å². The lowest BCUT2D eigenvalue weighted by molar-refractivity contribution is -0.144. The quantitative estimate of drug-likeness (QED) is 0.386. The summed E-state index contributed by atoms with van der Waals surface area (Å²) in [5.41, 5.74) is 1.59. The smallest absolute Gasteiger partial charge is 0.408 e. The van der Waals surface area contributed by atoms with E-state index in [1.54, 1.807) is 32.9 Å². The number of carbonyl (C=O) groups is 3. The Morgan fingerprint density at radius 2 is 1.76 bits per heavy atom. The molecule has 1 aromatic carbocycles. The highest BCUT2D eigenvalue weighted by molar-refractivity contribution is 5.92. The number of nitrogens with zero attached hydrogens (tertiary/aromatic N) is 1. The van der Waals surface area contributed by atoms with Crippen molar-refractivity contribution in [2.24, 2.45) is 0 Å². The summed E-state index contributed by atoms with van der Waals surface area (Å²) in [7, 11) is 0. The molecule has 0 aromatic heterocycles. The maximum atomic E-state index is 13.5. The van der Waals surface area contributed by atoms with Gasteiger partial charge in [-0.1, -0.05) is 31.5 Å². The molecule has 9 heteroatoms. The van der Waals surface area contributed by atoms with Crippen LogP contribution in [-0.4, -0.2) is 70.5 Å². The van der Waals surface area contributed by atoms with Crippen molar-refractivity contribution in [1.82, 2.24) is 15.5 Å². The number of hydrogen-bond acceptors (Lipinski definition) is 6. The first-order valence-electron chi connectivity index (χ1n) is 11.7. The second-order valence-corrected chi connectivity index (χ2v) is 9.53. The predicted molar refractivity (Wildman–Crippen MR) is 130 cm³/mol. The molecular formula is C25H41N3O6. The summed E-state index contributed by atoms with van der Waals surface area (Å²) in [6.45, 7) is 11.4. The van der Waals surface area contributed by atoms with Crippen LogP contribution < -0.4 is 10.6 Å². The van der Waals surface area contributed by atoms with Gasteiger partial charge < -0.3 is 30.5 Å². The second kappa shape index (κ2) is 13.3. The van der Waals surface area contributed by atoms with Gasteiger partial charge in [-0.25, -0.2) is 4.79 Å². The topological polar surface area (TPSA) is 128 Å². The van der Waals surface area contributed by atoms with Crippen molar-refractivity contribution in [3.05, 3.63) is 34.9 Å². The normalized spacial score (nSPS) is 14.0. The number of carbonyl (C=O) groups excluding carboxylic acids is 3. The van der Waals surface area contributed by atoms with E-state index in [-0.39, 0.29) is 12.6 Å². The van der Waals surface area contributed by atoms with Gasteiger partial charge in [-0.05, 0) is 64.7 Å². The van der Waals surface area contributed by atoms with E-state index in [2.05, 4.69) is 10.6 Å². The standard InChI is InChI=1S/C25H41N3O6/c1-8-10-17(3)26-22(31)21(19-12-9-11-16(2)18(19)4)28(13-14-29)23(32)20(15-30)27-24(33)34-25(5,6)7/h9,11-12,17,20-21,29-30H,8,10,13-15H2,1-7H3,(H,26,31)(H,27,33). The van der Waals surface area contributed by atoms with Crippen LogP contribution in [0, 0.1) is 13.8 Å². The third-order valence-corrected chi connectivity index (χ3v) is 5.41. The molecule has 3 atom stereocenters. The first kappa shape index (κ1) is 29.4. The summed E-state index contributed by atoms with van der Waals surface area (Å²) in [6, 6.07) is 2.95. The average molecular weight is 480 g/mol. The minimum atomic E-state index is -1.35. The van der Waals surface area contributed by atoms with E-state index in [1.165, 1.54) is 4.90 Å². The van der Waals surface area contributed by atoms with Gasteiger partial charge in [-0.15, -0.1) is 0 Å². The lowest BCUT2D eigenvalue weighted by Gasteiger charge is -2.35. The van der Waals surface area contributed by atoms with Gasteiger partial charge in [0.05, 0.1) is 13.2 Å². The molecule has 0 bridgehead atoms. The summed E-state index contributed by atoms with van der Waals surface area (Å²) in [5, 5.41) is 25.0. The van der Waals surface area contributed by atoms with E-state index in [0.717, 1.165) is 24.0 Å². The molecule has 0 saturated carbocycles. The SMILES string of the molecule is CCCC(C)NC(=O)C(c1cccc(C)c1C)N(CCO)C(=O)C(CO)NC(=O)OC(C)(C)C. The molecule has 1 rings (SSSR count). The zero-order chi connectivity index (χ0) is 26.1. The highest BCUT2D eigenvalue weighted by Gasteiger charge is 2.37. The number of amides is 3. The van der Waals surface area contributed by atoms with Gasteiger partial charge in [-0.3, -0.25) is 9.59 Å². The molecule has 3 unspecified atom stereocenters. The highest BCUT2D eigenvalue weighted by atomic mass is 16.6. The van der Waals surface area contributed by atoms with Crippen LogP contribution >= 0.6 is 0 Å². The van der Waals surface area contributed by atoms with E-state index in [9.17, 15) is 24.6 Å². The molecule has 0 fully saturated rings. The van der Waals surface area contributed by atoms with Crippen molar-refractivity contribution in [2.45, 2.75) is 85.0 Å². The van der Waals surface area contributed by atoms with Gasteiger partial charge >= 0.3 is 6.09 Å². The first-order valence-corrected chi connectivity index (χ1v) is 11.7. The Kier molecular flexibility index (Phi) is 11.5. The molecule has 9 nitrogen and oxygen atoms in total. The molecule has 0 saturated heterocycles. The minimum absolute atomic E-state index is 0.121. The lowest BCUT2D eigenvalue weighted by atomic mass is 9.94. The number of aryl methyl sites for hydroxylation is 1. The fraction of sp³-hybridized carbons (Fsp3) is 0.640. The van der Waals surface area contributed by atoms with E-state index < -0.39 is 48.8 Å². The number of ether oxygens (including phenoxy) is 1. The van der Waals surface area contributed by atoms with E-state index in [1.807, 2.05) is 33.8 Å². The van der Waals surface area contributed by atoms with Crippen LogP contribution in [0.3, 0.4) is 0 Å². The number of benzene rings is 1. The summed E-state index contributed by atoms with van der Waals surface area (Å²) in [4.78, 5) is 40.4. The van der Waals surface area contributed by atoms with Crippen molar-refractivity contribution < 1.29 is 29.3 Å². The summed E-state index contributed by atoms with van der Waals surface area (Å²) >= 11 is 0. The van der Waals surface area contributed by atoms with Gasteiger partial charge in [0.15, 0.2) is 0 Å². The van der Waals surface area contributed by atoms with Crippen molar-refractivity contribution >= 4 is 17.9 Å². The molecule has 0 spiro atoms. The predicted octanol–water partition coefficient (Wildman–Crippen LogP) is 2.36. The maximum Gasteiger partial charge on any atom is 0.408 e. The van der Waals surface area contributed by atoms with E-state index >= 15 is 0 Å². The molecule has 0 aliphatic rings. The molecular weight excluding hydrogens is 438 g/mol. The molecule has 1 aromatic rings. The summed E-state index contributed by atoms with van der Waals surface area (Å²) < 4.78 is 5.21. The number of alkyl carbamates (subject to hydrolysis) is 1. The molecule has 4 N–H and O–H groups in total. The van der Waals surface area contributed by atoms with Gasteiger partial charge in [0.1, 0.15) is 17.7 Å². The third kappa shape index (κ3) is 8.61. The number of hydrogen-bond donors (Lipinski definition) is 4. The van der Waals surface area contributed by atoms with Crippen LogP contribution in [0.2, 0.25) is 0 Å². The van der Waals surface area contributed by atoms with E-state index in [0.29, 0.717) is 5.56 Å². The van der Waals surface area contributed by atoms with Crippen LogP contribution in [0.1, 0.15) is 70.2 Å². The maximum absolute atomic E-state index is 13.5. The Balaban J connectivity index is 3.41. The number of nitrogens with one attached hydrogen (secondary N) is 2. The van der Waals surface area contributed by atoms with E-state index in [4.69, 9.17) is 4.74 Å². The molecule has 3 amide bonds. The summed E-state index contributed by atoms with van der Waals surface area (Å²) in [5.74, 6) is -1.10. The van der Waals surface area contributed by atoms with Crippen LogP contribution in [-0.2, 0) is 14.3 Å². The zero-order valence-electron chi connectivity index (χ0n) is 21.5. The van der Waals surface area contributed by atoms with Crippen molar-refractivity contribution in [3.8, 4) is 0 Å². The lowest BCUT2D eigenvalue weighted by Crippen LogP contribution is -2.55. The minimum Gasteiger partial charge on any atom is -0.444 e. The number of aliphatic hydroxyl groups is 2.